The van der Waals surface area contributed by atoms with Gasteiger partial charge in [-0.1, -0.05) is 21.9 Å². The zero-order chi connectivity index (χ0) is 10.4. The molecule has 0 unspecified atom stereocenters. The Kier molecular flexibility index (Phi) is 1.45. The Balaban J connectivity index is 2.64. The van der Waals surface area contributed by atoms with Crippen LogP contribution in [-0.2, 0) is 0 Å². The molecule has 0 saturated heterocycles. The molecule has 1 N–H and O–H groups in total. The molecule has 2 aromatic heterocycles. The number of nitrogens with one attached hydrogen (secondary N) is 1. The summed E-state index contributed by atoms with van der Waals surface area (Å²) in [5.74, 6) is 0. The molecule has 3 aromatic rings. The summed E-state index contributed by atoms with van der Waals surface area (Å²) in [7, 11) is 0. The zero-order valence-electron chi connectivity index (χ0n) is 7.94. The van der Waals surface area contributed by atoms with Crippen molar-refractivity contribution in [2.45, 2.75) is 6.92 Å². The summed E-state index contributed by atoms with van der Waals surface area (Å²) in [6, 6.07) is 5.44. The highest BCUT2D eigenvalue weighted by Crippen LogP contribution is 2.16. The van der Waals surface area contributed by atoms with Gasteiger partial charge in [0.25, 0.3) is 5.71 Å². The van der Waals surface area contributed by atoms with Gasteiger partial charge in [-0.25, -0.2) is 0 Å². The number of hydrogen-bond acceptors (Lipinski definition) is 4. The number of aromatic amines is 1. The van der Waals surface area contributed by atoms with Gasteiger partial charge in [0, 0.05) is 0 Å². The summed E-state index contributed by atoms with van der Waals surface area (Å²) in [6.07, 6.45) is 0. The van der Waals surface area contributed by atoms with Gasteiger partial charge in [-0.15, -0.1) is 0 Å². The van der Waals surface area contributed by atoms with Crippen LogP contribution in [0.2, 0.25) is 0 Å². The molecule has 0 amide bonds. The van der Waals surface area contributed by atoms with Crippen LogP contribution in [0.4, 0.5) is 0 Å². The van der Waals surface area contributed by atoms with E-state index in [0.29, 0.717) is 16.5 Å². The van der Waals surface area contributed by atoms with Crippen molar-refractivity contribution in [3.05, 3.63) is 34.0 Å². The van der Waals surface area contributed by atoms with Crippen LogP contribution in [0.25, 0.3) is 22.2 Å². The smallest absolute Gasteiger partial charge is 0.270 e. The van der Waals surface area contributed by atoms with E-state index in [2.05, 4.69) is 15.4 Å². The molecule has 1 aromatic carbocycles. The highest BCUT2D eigenvalue weighted by molar-refractivity contribution is 5.86. The van der Waals surface area contributed by atoms with Gasteiger partial charge < -0.3 is 4.42 Å². The van der Waals surface area contributed by atoms with Crippen molar-refractivity contribution in [1.82, 2.24) is 15.4 Å². The first-order valence-corrected chi connectivity index (χ1v) is 4.50. The van der Waals surface area contributed by atoms with Crippen molar-refractivity contribution in [3.8, 4) is 0 Å². The summed E-state index contributed by atoms with van der Waals surface area (Å²) in [5, 5.41) is 10.3. The van der Waals surface area contributed by atoms with Crippen molar-refractivity contribution in [2.24, 2.45) is 0 Å². The largest absolute Gasteiger partial charge is 0.435 e. The van der Waals surface area contributed by atoms with E-state index in [4.69, 9.17) is 4.42 Å². The van der Waals surface area contributed by atoms with Gasteiger partial charge in [-0.3, -0.25) is 9.89 Å². The third-order valence-corrected chi connectivity index (χ3v) is 2.33. The third-order valence-electron chi connectivity index (χ3n) is 2.33. The second kappa shape index (κ2) is 2.66. The van der Waals surface area contributed by atoms with E-state index in [1.807, 2.05) is 13.0 Å². The van der Waals surface area contributed by atoms with Crippen LogP contribution in [0, 0.1) is 6.92 Å². The quantitative estimate of drug-likeness (QED) is 0.596. The number of nitrogens with zero attached hydrogens (tertiary/aromatic N) is 2. The number of aromatic nitrogens is 3. The summed E-state index contributed by atoms with van der Waals surface area (Å²) in [6.45, 7) is 1.92. The average molecular weight is 201 g/mol. The minimum absolute atomic E-state index is 0.125. The van der Waals surface area contributed by atoms with Crippen molar-refractivity contribution in [3.63, 3.8) is 0 Å². The van der Waals surface area contributed by atoms with E-state index in [-0.39, 0.29) is 11.1 Å². The zero-order valence-corrected chi connectivity index (χ0v) is 7.94. The first-order chi connectivity index (χ1) is 7.25. The van der Waals surface area contributed by atoms with E-state index in [9.17, 15) is 4.79 Å². The molecular formula is C10H7N3O2. The molecule has 0 aliphatic rings. The van der Waals surface area contributed by atoms with Gasteiger partial charge in [0.2, 0.25) is 5.43 Å². The molecule has 74 valence electrons. The molecular weight excluding hydrogens is 194 g/mol. The first kappa shape index (κ1) is 8.16. The SMILES string of the molecule is Cc1ccc2oc3nn[nH]c3c(=O)c2c1. The minimum atomic E-state index is -0.125. The fourth-order valence-electron chi connectivity index (χ4n) is 1.59. The van der Waals surface area contributed by atoms with E-state index in [1.165, 1.54) is 0 Å². The minimum Gasteiger partial charge on any atom is -0.435 e. The maximum absolute atomic E-state index is 11.9. The summed E-state index contributed by atoms with van der Waals surface area (Å²) < 4.78 is 5.42. The molecule has 0 atom stereocenters. The van der Waals surface area contributed by atoms with Gasteiger partial charge in [0.15, 0.2) is 5.52 Å². The summed E-state index contributed by atoms with van der Waals surface area (Å²) in [4.78, 5) is 11.9. The maximum Gasteiger partial charge on any atom is 0.270 e. The lowest BCUT2D eigenvalue weighted by Gasteiger charge is -1.97. The molecule has 5 heteroatoms. The monoisotopic (exact) mass is 201 g/mol. The fourth-order valence-corrected chi connectivity index (χ4v) is 1.59. The molecule has 2 heterocycles. The maximum atomic E-state index is 11.9. The highest BCUT2D eigenvalue weighted by atomic mass is 16.3. The van der Waals surface area contributed by atoms with Crippen LogP contribution in [0.3, 0.4) is 0 Å². The molecule has 0 spiro atoms. The molecule has 0 bridgehead atoms. The topological polar surface area (TPSA) is 71.8 Å². The Morgan fingerprint density at radius 3 is 3.13 bits per heavy atom. The molecule has 5 nitrogen and oxygen atoms in total. The van der Waals surface area contributed by atoms with Gasteiger partial charge in [-0.05, 0) is 19.1 Å². The van der Waals surface area contributed by atoms with Gasteiger partial charge in [0.1, 0.15) is 5.58 Å². The molecule has 0 saturated carbocycles. The second-order valence-electron chi connectivity index (χ2n) is 3.42. The molecule has 0 fully saturated rings. The Morgan fingerprint density at radius 1 is 1.40 bits per heavy atom. The van der Waals surface area contributed by atoms with Crippen molar-refractivity contribution < 1.29 is 4.42 Å². The van der Waals surface area contributed by atoms with Gasteiger partial charge in [-0.2, -0.15) is 0 Å². The van der Waals surface area contributed by atoms with Crippen LogP contribution in [-0.4, -0.2) is 15.4 Å². The number of fused-ring (bicyclic) bond motifs is 2. The van der Waals surface area contributed by atoms with Crippen LogP contribution < -0.4 is 5.43 Å². The molecule has 3 rings (SSSR count). The summed E-state index contributed by atoms with van der Waals surface area (Å²) in [5.41, 5.74) is 1.98. The normalized spacial score (nSPS) is 11.3. The average Bonchev–Trinajstić information content (AvgIpc) is 2.68. The lowest BCUT2D eigenvalue weighted by Crippen LogP contribution is -2.02. The Morgan fingerprint density at radius 2 is 2.27 bits per heavy atom. The number of H-pyrrole nitrogens is 1. The lowest BCUT2D eigenvalue weighted by molar-refractivity contribution is 0.641. The van der Waals surface area contributed by atoms with E-state index >= 15 is 0 Å². The lowest BCUT2D eigenvalue weighted by atomic mass is 10.1. The number of benzene rings is 1. The van der Waals surface area contributed by atoms with Gasteiger partial charge in [0.05, 0.1) is 5.39 Å². The van der Waals surface area contributed by atoms with Crippen LogP contribution in [0.15, 0.2) is 27.4 Å². The highest BCUT2D eigenvalue weighted by Gasteiger charge is 2.09. The van der Waals surface area contributed by atoms with Crippen molar-refractivity contribution in [2.75, 3.05) is 0 Å². The van der Waals surface area contributed by atoms with Crippen molar-refractivity contribution >= 4 is 22.2 Å². The number of rotatable bonds is 0. The summed E-state index contributed by atoms with van der Waals surface area (Å²) >= 11 is 0. The van der Waals surface area contributed by atoms with Crippen LogP contribution >= 0.6 is 0 Å². The predicted molar refractivity (Wildman–Crippen MR) is 54.7 cm³/mol. The number of hydrogen-bond donors (Lipinski definition) is 1. The molecule has 0 aliphatic heterocycles. The Labute approximate surface area is 83.7 Å². The van der Waals surface area contributed by atoms with E-state index in [0.717, 1.165) is 5.56 Å². The van der Waals surface area contributed by atoms with Crippen LogP contribution in [0.5, 0.6) is 0 Å². The van der Waals surface area contributed by atoms with E-state index < -0.39 is 0 Å². The molecule has 15 heavy (non-hydrogen) atoms. The van der Waals surface area contributed by atoms with Crippen LogP contribution in [0.1, 0.15) is 5.56 Å². The molecule has 0 aliphatic carbocycles. The second-order valence-corrected chi connectivity index (χ2v) is 3.42. The fraction of sp³-hybridized carbons (Fsp3) is 0.100. The van der Waals surface area contributed by atoms with Crippen molar-refractivity contribution in [1.29, 1.82) is 0 Å². The first-order valence-electron chi connectivity index (χ1n) is 4.50. The van der Waals surface area contributed by atoms with Gasteiger partial charge >= 0.3 is 0 Å². The Hall–Kier alpha value is -2.17. The predicted octanol–water partition coefficient (Wildman–Crippen LogP) is 1.37. The number of aryl methyl sites for hydroxylation is 1. The Bertz CT molecular complexity index is 711. The van der Waals surface area contributed by atoms with E-state index in [1.54, 1.807) is 12.1 Å². The standard InChI is InChI=1S/C10H7N3O2/c1-5-2-3-7-6(4-5)9(14)8-10(15-7)12-13-11-8/h2-4H,1H3,(H,11,12,13). The molecule has 0 radical (unpaired) electrons. The third kappa shape index (κ3) is 1.06.